The number of ether oxygens (including phenoxy) is 2. The molecule has 0 spiro atoms. The van der Waals surface area contributed by atoms with Crippen LogP contribution in [0.2, 0.25) is 5.02 Å². The lowest BCUT2D eigenvalue weighted by molar-refractivity contribution is 0.0231. The average molecular weight is 629 g/mol. The fraction of sp³-hybridized carbons (Fsp3) is 0.441. The first-order valence-corrected chi connectivity index (χ1v) is 16.0. The van der Waals surface area contributed by atoms with E-state index in [2.05, 4.69) is 21.0 Å². The van der Waals surface area contributed by atoms with Crippen LogP contribution in [0.4, 0.5) is 10.2 Å². The molecular weight excluding hydrogens is 595 g/mol. The summed E-state index contributed by atoms with van der Waals surface area (Å²) in [6.45, 7) is 6.46. The van der Waals surface area contributed by atoms with Crippen molar-refractivity contribution in [3.63, 3.8) is 0 Å². The molecular formula is C34H34ClFN6O3. The first-order chi connectivity index (χ1) is 21.9. The summed E-state index contributed by atoms with van der Waals surface area (Å²) in [6, 6.07) is 7.00. The van der Waals surface area contributed by atoms with Crippen molar-refractivity contribution in [2.75, 3.05) is 57.4 Å². The molecule has 2 N–H and O–H groups in total. The van der Waals surface area contributed by atoms with Crippen LogP contribution in [0, 0.1) is 23.6 Å². The molecule has 232 valence electrons. The van der Waals surface area contributed by atoms with E-state index in [1.807, 2.05) is 0 Å². The van der Waals surface area contributed by atoms with Gasteiger partial charge in [-0.1, -0.05) is 23.6 Å². The normalized spacial score (nSPS) is 22.6. The predicted molar refractivity (Wildman–Crippen MR) is 171 cm³/mol. The molecule has 2 bridgehead atoms. The van der Waals surface area contributed by atoms with Crippen LogP contribution >= 0.6 is 11.6 Å². The number of pyridine rings is 1. The Hall–Kier alpha value is -3.75. The van der Waals surface area contributed by atoms with Gasteiger partial charge in [-0.25, -0.2) is 9.37 Å². The number of aromatic hydroxyl groups is 1. The quantitative estimate of drug-likeness (QED) is 0.281. The summed E-state index contributed by atoms with van der Waals surface area (Å²) in [6.07, 6.45) is 11.8. The van der Waals surface area contributed by atoms with E-state index in [1.54, 1.807) is 18.3 Å². The topological polar surface area (TPSA) is 95.9 Å². The number of fused-ring (bicyclic) bond motifs is 4. The molecule has 0 amide bonds. The van der Waals surface area contributed by atoms with E-state index in [0.717, 1.165) is 71.6 Å². The highest BCUT2D eigenvalue weighted by Crippen LogP contribution is 2.47. The van der Waals surface area contributed by atoms with Crippen LogP contribution in [-0.2, 0) is 4.74 Å². The number of rotatable bonds is 7. The zero-order valence-electron chi connectivity index (χ0n) is 24.9. The second kappa shape index (κ2) is 11.2. The lowest BCUT2D eigenvalue weighted by Crippen LogP contribution is -2.51. The second-order valence-electron chi connectivity index (χ2n) is 12.9. The van der Waals surface area contributed by atoms with Gasteiger partial charge < -0.3 is 24.8 Å². The maximum atomic E-state index is 14.9. The smallest absolute Gasteiger partial charge is 0.319 e. The molecule has 2 atom stereocenters. The largest absolute Gasteiger partial charge is 0.508 e. The van der Waals surface area contributed by atoms with Crippen molar-refractivity contribution in [2.45, 2.75) is 37.8 Å². The van der Waals surface area contributed by atoms with Crippen molar-refractivity contribution in [2.24, 2.45) is 5.41 Å². The Morgan fingerprint density at radius 1 is 1.11 bits per heavy atom. The summed E-state index contributed by atoms with van der Waals surface area (Å²) in [5, 5.41) is 15.7. The van der Waals surface area contributed by atoms with Crippen LogP contribution in [0.1, 0.15) is 31.2 Å². The number of aromatic nitrogens is 3. The molecule has 1 saturated carbocycles. The minimum atomic E-state index is -0.526. The third-order valence-electron chi connectivity index (χ3n) is 9.74. The van der Waals surface area contributed by atoms with Gasteiger partial charge >= 0.3 is 6.01 Å². The molecule has 3 saturated heterocycles. The van der Waals surface area contributed by atoms with Crippen molar-refractivity contribution in [3.05, 3.63) is 46.9 Å². The minimum Gasteiger partial charge on any atom is -0.508 e. The zero-order chi connectivity index (χ0) is 30.7. The number of phenols is 1. The highest BCUT2D eigenvalue weighted by Gasteiger charge is 2.45. The van der Waals surface area contributed by atoms with Gasteiger partial charge in [0.2, 0.25) is 0 Å². The van der Waals surface area contributed by atoms with E-state index < -0.39 is 5.82 Å². The monoisotopic (exact) mass is 628 g/mol. The number of anilines is 1. The lowest BCUT2D eigenvalue weighted by Gasteiger charge is -2.34. The Morgan fingerprint density at radius 3 is 2.62 bits per heavy atom. The van der Waals surface area contributed by atoms with E-state index >= 15 is 0 Å². The van der Waals surface area contributed by atoms with E-state index in [1.165, 1.54) is 12.1 Å². The first-order valence-electron chi connectivity index (χ1n) is 15.6. The van der Waals surface area contributed by atoms with Gasteiger partial charge in [0, 0.05) is 67.4 Å². The number of nitrogens with one attached hydrogen (secondary N) is 1. The SMILES string of the molecule is C#Cc1c(F)ccc2cc(O)cc(-c3cnc4c(N5CC6CCC(C5)N6)nc(OCC5(CN6CCOCC6)CC5)nc4c3Cl)c12. The van der Waals surface area contributed by atoms with Crippen LogP contribution in [-0.4, -0.2) is 89.6 Å². The van der Waals surface area contributed by atoms with Crippen molar-refractivity contribution < 1.29 is 19.0 Å². The van der Waals surface area contributed by atoms with Crippen LogP contribution < -0.4 is 15.0 Å². The maximum absolute atomic E-state index is 14.9. The van der Waals surface area contributed by atoms with Crippen molar-refractivity contribution in [1.82, 2.24) is 25.2 Å². The van der Waals surface area contributed by atoms with Crippen LogP contribution in [0.3, 0.4) is 0 Å². The molecule has 8 rings (SSSR count). The third-order valence-corrected chi connectivity index (χ3v) is 10.1. The summed E-state index contributed by atoms with van der Waals surface area (Å²) in [7, 11) is 0. The van der Waals surface area contributed by atoms with Gasteiger partial charge in [0.05, 0.1) is 30.4 Å². The van der Waals surface area contributed by atoms with E-state index in [4.69, 9.17) is 42.4 Å². The summed E-state index contributed by atoms with van der Waals surface area (Å²) < 4.78 is 26.8. The molecule has 2 aromatic heterocycles. The second-order valence-corrected chi connectivity index (χ2v) is 13.3. The molecule has 5 heterocycles. The summed E-state index contributed by atoms with van der Waals surface area (Å²) in [4.78, 5) is 19.3. The zero-order valence-corrected chi connectivity index (χ0v) is 25.6. The van der Waals surface area contributed by atoms with E-state index in [9.17, 15) is 9.50 Å². The van der Waals surface area contributed by atoms with Gasteiger partial charge in [0.1, 0.15) is 22.6 Å². The number of nitrogens with zero attached hydrogens (tertiary/aromatic N) is 5. The van der Waals surface area contributed by atoms with E-state index in [-0.39, 0.29) is 22.7 Å². The molecule has 2 unspecified atom stereocenters. The molecule has 45 heavy (non-hydrogen) atoms. The molecule has 1 aliphatic carbocycles. The van der Waals surface area contributed by atoms with Gasteiger partial charge in [-0.15, -0.1) is 6.42 Å². The Bertz CT molecular complexity index is 1840. The molecule has 2 aromatic carbocycles. The fourth-order valence-electron chi connectivity index (χ4n) is 7.21. The van der Waals surface area contributed by atoms with Crippen LogP contribution in [0.25, 0.3) is 32.9 Å². The Balaban J connectivity index is 1.22. The van der Waals surface area contributed by atoms with Gasteiger partial charge in [-0.3, -0.25) is 4.90 Å². The number of hydrogen-bond acceptors (Lipinski definition) is 9. The number of piperazine rings is 1. The Kier molecular flexibility index (Phi) is 7.17. The van der Waals surface area contributed by atoms with E-state index in [0.29, 0.717) is 62.5 Å². The summed E-state index contributed by atoms with van der Waals surface area (Å²) in [5.74, 6) is 2.64. The number of morpholine rings is 1. The Morgan fingerprint density at radius 2 is 1.89 bits per heavy atom. The molecule has 0 radical (unpaired) electrons. The standard InChI is InChI=1S/C34H34ClFN6O3/c1-2-24-27(36)6-3-20-13-23(43)14-25(28(20)24)26-15-37-31-30(29(26)35)39-33(40-32(31)42-16-21-4-5-22(17-42)38-21)45-19-34(7-8-34)18-41-9-11-44-12-10-41/h1,3,6,13-15,21-22,38,43H,4-5,7-12,16-19H2. The molecule has 4 fully saturated rings. The highest BCUT2D eigenvalue weighted by atomic mass is 35.5. The fourth-order valence-corrected chi connectivity index (χ4v) is 7.49. The van der Waals surface area contributed by atoms with Gasteiger partial charge in [0.25, 0.3) is 0 Å². The third kappa shape index (κ3) is 5.32. The molecule has 4 aromatic rings. The molecule has 3 aliphatic heterocycles. The summed E-state index contributed by atoms with van der Waals surface area (Å²) in [5.41, 5.74) is 2.13. The predicted octanol–water partition coefficient (Wildman–Crippen LogP) is 4.76. The number of benzene rings is 2. The Labute approximate surface area is 265 Å². The number of terminal acetylenes is 1. The molecule has 9 nitrogen and oxygen atoms in total. The lowest BCUT2D eigenvalue weighted by atomic mass is 9.94. The van der Waals surface area contributed by atoms with Crippen LogP contribution in [0.15, 0.2) is 30.5 Å². The number of halogens is 2. The van der Waals surface area contributed by atoms with Gasteiger partial charge in [0.15, 0.2) is 5.82 Å². The highest BCUT2D eigenvalue weighted by molar-refractivity contribution is 6.38. The van der Waals surface area contributed by atoms with Crippen LogP contribution in [0.5, 0.6) is 11.8 Å². The van der Waals surface area contributed by atoms with Crippen molar-refractivity contribution >= 4 is 39.2 Å². The first kappa shape index (κ1) is 28.7. The van der Waals surface area contributed by atoms with Crippen molar-refractivity contribution in [3.8, 4) is 35.2 Å². The number of phenolic OH excluding ortho intramolecular Hbond substituents is 1. The minimum absolute atomic E-state index is 0.00179. The number of hydrogen-bond donors (Lipinski definition) is 2. The van der Waals surface area contributed by atoms with Crippen molar-refractivity contribution in [1.29, 1.82) is 0 Å². The molecule has 4 aliphatic rings. The maximum Gasteiger partial charge on any atom is 0.319 e. The summed E-state index contributed by atoms with van der Waals surface area (Å²) >= 11 is 7.19. The average Bonchev–Trinajstić information content (AvgIpc) is 3.73. The van der Waals surface area contributed by atoms with Gasteiger partial charge in [-0.05, 0) is 54.8 Å². The molecule has 11 heteroatoms. The van der Waals surface area contributed by atoms with Gasteiger partial charge in [-0.2, -0.15) is 9.97 Å².